The molecule has 0 N–H and O–H groups in total. The van der Waals surface area contributed by atoms with Gasteiger partial charge in [0.25, 0.3) is 11.5 Å². The van der Waals surface area contributed by atoms with Crippen LogP contribution in [0.4, 0.5) is 4.39 Å². The number of amides is 1. The number of carbonyl (C=O) groups is 1. The van der Waals surface area contributed by atoms with Gasteiger partial charge in [-0.15, -0.1) is 0 Å². The van der Waals surface area contributed by atoms with E-state index < -0.39 is 17.1 Å². The van der Waals surface area contributed by atoms with Crippen LogP contribution in [0.2, 0.25) is 0 Å². The quantitative estimate of drug-likeness (QED) is 0.343. The molecule has 1 aromatic heterocycles. The number of carbonyl (C=O) groups excluding carboxylic acids is 1. The molecule has 9 heteroatoms. The summed E-state index contributed by atoms with van der Waals surface area (Å²) in [5, 5.41) is 0.238. The number of nitrogens with zero attached hydrogens (tertiary/aromatic N) is 3. The molecular formula is C31H32FN3O5. The van der Waals surface area contributed by atoms with Crippen LogP contribution in [0.3, 0.4) is 0 Å². The summed E-state index contributed by atoms with van der Waals surface area (Å²) in [6.45, 7) is 1.41. The van der Waals surface area contributed by atoms with Crippen LogP contribution in [-0.2, 0) is 13.1 Å². The highest BCUT2D eigenvalue weighted by Crippen LogP contribution is 2.30. The first-order valence-corrected chi connectivity index (χ1v) is 13.4. The zero-order valence-corrected chi connectivity index (χ0v) is 22.7. The van der Waals surface area contributed by atoms with Gasteiger partial charge >= 0.3 is 5.69 Å². The maximum atomic E-state index is 14.6. The molecule has 0 unspecified atom stereocenters. The second-order valence-electron chi connectivity index (χ2n) is 9.98. The lowest BCUT2D eigenvalue weighted by molar-refractivity contribution is 0.0761. The van der Waals surface area contributed by atoms with Crippen molar-refractivity contribution < 1.29 is 18.7 Å². The molecule has 1 saturated heterocycles. The van der Waals surface area contributed by atoms with E-state index in [0.717, 1.165) is 43.3 Å². The van der Waals surface area contributed by atoms with Crippen molar-refractivity contribution in [1.29, 1.82) is 0 Å². The predicted octanol–water partition coefficient (Wildman–Crippen LogP) is 4.43. The van der Waals surface area contributed by atoms with Crippen molar-refractivity contribution in [2.45, 2.75) is 38.8 Å². The Kier molecular flexibility index (Phi) is 8.00. The van der Waals surface area contributed by atoms with Crippen molar-refractivity contribution in [2.24, 2.45) is 0 Å². The van der Waals surface area contributed by atoms with E-state index in [9.17, 15) is 18.8 Å². The molecule has 5 rings (SSSR count). The van der Waals surface area contributed by atoms with Gasteiger partial charge in [-0.1, -0.05) is 43.2 Å². The summed E-state index contributed by atoms with van der Waals surface area (Å²) in [5.41, 5.74) is 0.787. The molecule has 0 aliphatic carbocycles. The highest BCUT2D eigenvalue weighted by atomic mass is 19.1. The lowest BCUT2D eigenvalue weighted by Gasteiger charge is -2.20. The van der Waals surface area contributed by atoms with Crippen molar-refractivity contribution >= 4 is 16.8 Å². The van der Waals surface area contributed by atoms with Gasteiger partial charge in [0.1, 0.15) is 5.82 Å². The van der Waals surface area contributed by atoms with Crippen LogP contribution in [0.5, 0.6) is 11.5 Å². The summed E-state index contributed by atoms with van der Waals surface area (Å²) in [7, 11) is 2.93. The average Bonchev–Trinajstić information content (AvgIpc) is 3.27. The summed E-state index contributed by atoms with van der Waals surface area (Å²) < 4.78 is 27.9. The lowest BCUT2D eigenvalue weighted by Crippen LogP contribution is -2.40. The van der Waals surface area contributed by atoms with Crippen molar-refractivity contribution in [1.82, 2.24) is 14.0 Å². The van der Waals surface area contributed by atoms with Crippen LogP contribution in [0, 0.1) is 5.82 Å². The van der Waals surface area contributed by atoms with Crippen molar-refractivity contribution in [3.05, 3.63) is 104 Å². The fourth-order valence-electron chi connectivity index (χ4n) is 5.22. The van der Waals surface area contributed by atoms with Gasteiger partial charge in [-0.25, -0.2) is 9.18 Å². The number of halogens is 1. The number of ether oxygens (including phenoxy) is 2. The van der Waals surface area contributed by atoms with E-state index in [1.807, 2.05) is 4.90 Å². The summed E-state index contributed by atoms with van der Waals surface area (Å²) in [5.74, 6) is 0.222. The third kappa shape index (κ3) is 5.36. The molecule has 0 radical (unpaired) electrons. The van der Waals surface area contributed by atoms with Crippen LogP contribution < -0.4 is 20.7 Å². The van der Waals surface area contributed by atoms with E-state index in [1.165, 1.54) is 30.9 Å². The van der Waals surface area contributed by atoms with Gasteiger partial charge < -0.3 is 14.4 Å². The highest BCUT2D eigenvalue weighted by Gasteiger charge is 2.20. The Hall–Kier alpha value is -4.40. The maximum absolute atomic E-state index is 14.6. The van der Waals surface area contributed by atoms with Gasteiger partial charge in [-0.05, 0) is 42.7 Å². The predicted molar refractivity (Wildman–Crippen MR) is 151 cm³/mol. The minimum absolute atomic E-state index is 0.00962. The Morgan fingerprint density at radius 2 is 1.48 bits per heavy atom. The van der Waals surface area contributed by atoms with Crippen molar-refractivity contribution in [3.8, 4) is 11.5 Å². The van der Waals surface area contributed by atoms with E-state index >= 15 is 0 Å². The van der Waals surface area contributed by atoms with Crippen molar-refractivity contribution in [3.63, 3.8) is 0 Å². The van der Waals surface area contributed by atoms with E-state index in [0.29, 0.717) is 33.7 Å². The van der Waals surface area contributed by atoms with Gasteiger partial charge in [0.05, 0.1) is 38.2 Å². The molecule has 8 nitrogen and oxygen atoms in total. The van der Waals surface area contributed by atoms with E-state index in [2.05, 4.69) is 0 Å². The minimum atomic E-state index is -0.585. The molecule has 208 valence electrons. The molecule has 1 aliphatic rings. The number of aromatic nitrogens is 2. The molecule has 1 fully saturated rings. The number of benzene rings is 3. The number of rotatable bonds is 7. The average molecular weight is 546 g/mol. The molecule has 3 aromatic carbocycles. The highest BCUT2D eigenvalue weighted by molar-refractivity contribution is 5.94. The molecule has 1 amide bonds. The first kappa shape index (κ1) is 27.2. The lowest BCUT2D eigenvalue weighted by atomic mass is 10.1. The molecule has 1 aliphatic heterocycles. The Balaban J connectivity index is 1.56. The van der Waals surface area contributed by atoms with Crippen LogP contribution in [-0.4, -0.2) is 47.3 Å². The molecule has 0 saturated carbocycles. The Labute approximate surface area is 231 Å². The summed E-state index contributed by atoms with van der Waals surface area (Å²) in [6, 6.07) is 16.3. The van der Waals surface area contributed by atoms with Gasteiger partial charge in [-0.3, -0.25) is 18.7 Å². The third-order valence-corrected chi connectivity index (χ3v) is 7.45. The SMILES string of the molecule is COc1cc2c(=O)n(Cc3ccc(C(=O)N4CCCCCC4)cc3)c(=O)n(Cc3ccccc3F)c2cc1OC. The fourth-order valence-corrected chi connectivity index (χ4v) is 5.22. The molecule has 4 aromatic rings. The normalized spacial score (nSPS) is 13.7. The smallest absolute Gasteiger partial charge is 0.332 e. The fraction of sp³-hybridized carbons (Fsp3) is 0.323. The van der Waals surface area contributed by atoms with Gasteiger partial charge in [0.2, 0.25) is 0 Å². The number of hydrogen-bond donors (Lipinski definition) is 0. The number of methoxy groups -OCH3 is 2. The molecule has 2 heterocycles. The summed E-state index contributed by atoms with van der Waals surface area (Å²) in [6.07, 6.45) is 4.28. The molecule has 0 spiro atoms. The topological polar surface area (TPSA) is 82.8 Å². The Morgan fingerprint density at radius 3 is 2.12 bits per heavy atom. The first-order valence-electron chi connectivity index (χ1n) is 13.4. The van der Waals surface area contributed by atoms with Crippen LogP contribution in [0.25, 0.3) is 10.9 Å². The Morgan fingerprint density at radius 1 is 0.825 bits per heavy atom. The van der Waals surface area contributed by atoms with Gasteiger partial charge in [-0.2, -0.15) is 0 Å². The first-order chi connectivity index (χ1) is 19.4. The maximum Gasteiger partial charge on any atom is 0.332 e. The number of hydrogen-bond acceptors (Lipinski definition) is 5. The zero-order chi connectivity index (χ0) is 28.2. The van der Waals surface area contributed by atoms with Crippen LogP contribution in [0.1, 0.15) is 47.2 Å². The van der Waals surface area contributed by atoms with E-state index in [-0.39, 0.29) is 24.4 Å². The van der Waals surface area contributed by atoms with Gasteiger partial charge in [0, 0.05) is 30.3 Å². The van der Waals surface area contributed by atoms with Crippen molar-refractivity contribution in [2.75, 3.05) is 27.3 Å². The number of fused-ring (bicyclic) bond motifs is 1. The second-order valence-corrected chi connectivity index (χ2v) is 9.98. The minimum Gasteiger partial charge on any atom is -0.493 e. The third-order valence-electron chi connectivity index (χ3n) is 7.45. The van der Waals surface area contributed by atoms with Crippen LogP contribution in [0.15, 0.2) is 70.3 Å². The van der Waals surface area contributed by atoms with Gasteiger partial charge in [0.15, 0.2) is 11.5 Å². The molecular weight excluding hydrogens is 513 g/mol. The summed E-state index contributed by atoms with van der Waals surface area (Å²) >= 11 is 0. The Bertz CT molecular complexity index is 1650. The molecule has 0 bridgehead atoms. The summed E-state index contributed by atoms with van der Waals surface area (Å²) in [4.78, 5) is 42.3. The zero-order valence-electron chi connectivity index (χ0n) is 22.7. The second kappa shape index (κ2) is 11.8. The van der Waals surface area contributed by atoms with E-state index in [1.54, 1.807) is 48.5 Å². The molecule has 0 atom stereocenters. The standard InChI is InChI=1S/C31H32FN3O5/c1-39-27-17-24-26(18-28(27)40-2)34(20-23-9-5-6-10-25(23)32)31(38)35(30(24)37)19-21-11-13-22(14-12-21)29(36)33-15-7-3-4-8-16-33/h5-6,9-14,17-18H,3-4,7-8,15-16,19-20H2,1-2H3. The number of likely N-dealkylation sites (tertiary alicyclic amines) is 1. The molecule has 40 heavy (non-hydrogen) atoms. The van der Waals surface area contributed by atoms with Crippen LogP contribution >= 0.6 is 0 Å². The van der Waals surface area contributed by atoms with E-state index in [4.69, 9.17) is 9.47 Å². The largest absolute Gasteiger partial charge is 0.493 e. The monoisotopic (exact) mass is 545 g/mol.